The van der Waals surface area contributed by atoms with Crippen LogP contribution in [0.1, 0.15) is 20.7 Å². The zero-order valence-corrected chi connectivity index (χ0v) is 12.3. The fourth-order valence-corrected chi connectivity index (χ4v) is 2.70. The first kappa shape index (κ1) is 14.7. The van der Waals surface area contributed by atoms with Crippen molar-refractivity contribution >= 4 is 33.7 Å². The number of nitrogens with one attached hydrogen (secondary N) is 1. The number of carboxylic acids is 2. The largest absolute Gasteiger partial charge is 0.497 e. The molecule has 0 atom stereocenters. The molecule has 7 heteroatoms. The number of fused-ring (bicyclic) bond motifs is 3. The molecule has 0 aliphatic heterocycles. The number of aromatic nitrogens is 1. The van der Waals surface area contributed by atoms with E-state index in [1.54, 1.807) is 18.2 Å². The lowest BCUT2D eigenvalue weighted by Gasteiger charge is -2.08. The van der Waals surface area contributed by atoms with E-state index in [1.165, 1.54) is 20.3 Å². The number of hydrogen-bond acceptors (Lipinski definition) is 4. The number of ether oxygens (including phenoxy) is 2. The van der Waals surface area contributed by atoms with E-state index in [4.69, 9.17) is 9.47 Å². The summed E-state index contributed by atoms with van der Waals surface area (Å²) in [5.74, 6) is -1.86. The predicted octanol–water partition coefficient (Wildman–Crippen LogP) is 2.73. The van der Waals surface area contributed by atoms with E-state index in [2.05, 4.69) is 4.98 Å². The number of carboxylic acid groups (broad SMARTS) is 2. The molecule has 2 aromatic carbocycles. The van der Waals surface area contributed by atoms with E-state index in [9.17, 15) is 19.8 Å². The average molecular weight is 315 g/mol. The van der Waals surface area contributed by atoms with Gasteiger partial charge in [0, 0.05) is 16.3 Å². The quantitative estimate of drug-likeness (QED) is 0.683. The molecule has 1 heterocycles. The normalized spacial score (nSPS) is 10.9. The second-order valence-corrected chi connectivity index (χ2v) is 4.90. The fraction of sp³-hybridized carbons (Fsp3) is 0.125. The minimum Gasteiger partial charge on any atom is -0.497 e. The van der Waals surface area contributed by atoms with Crippen LogP contribution < -0.4 is 9.47 Å². The Bertz CT molecular complexity index is 956. The molecule has 7 nitrogen and oxygen atoms in total. The second-order valence-electron chi connectivity index (χ2n) is 4.90. The molecule has 0 aliphatic rings. The average Bonchev–Trinajstić information content (AvgIpc) is 2.91. The molecule has 3 N–H and O–H groups in total. The molecule has 23 heavy (non-hydrogen) atoms. The molecule has 0 spiro atoms. The van der Waals surface area contributed by atoms with Crippen LogP contribution in [-0.4, -0.2) is 41.4 Å². The van der Waals surface area contributed by atoms with Crippen molar-refractivity contribution in [2.45, 2.75) is 0 Å². The molecule has 0 radical (unpaired) electrons. The molecule has 1 aromatic heterocycles. The van der Waals surface area contributed by atoms with Crippen LogP contribution in [0, 0.1) is 0 Å². The topological polar surface area (TPSA) is 109 Å². The van der Waals surface area contributed by atoms with Crippen LogP contribution in [0.2, 0.25) is 0 Å². The summed E-state index contributed by atoms with van der Waals surface area (Å²) in [6, 6.07) is 6.33. The van der Waals surface area contributed by atoms with Crippen molar-refractivity contribution in [3.05, 3.63) is 35.4 Å². The van der Waals surface area contributed by atoms with Gasteiger partial charge in [0.15, 0.2) is 0 Å². The van der Waals surface area contributed by atoms with E-state index in [0.29, 0.717) is 22.2 Å². The molecule has 0 fully saturated rings. The number of aromatic carboxylic acids is 2. The Morgan fingerprint density at radius 1 is 1.04 bits per heavy atom. The third-order valence-electron chi connectivity index (χ3n) is 3.71. The molecule has 118 valence electrons. The van der Waals surface area contributed by atoms with E-state index >= 15 is 0 Å². The van der Waals surface area contributed by atoms with Gasteiger partial charge in [-0.15, -0.1) is 0 Å². The number of aromatic amines is 1. The fourth-order valence-electron chi connectivity index (χ4n) is 2.70. The summed E-state index contributed by atoms with van der Waals surface area (Å²) in [7, 11) is 2.89. The van der Waals surface area contributed by atoms with Crippen LogP contribution in [0.4, 0.5) is 0 Å². The van der Waals surface area contributed by atoms with Gasteiger partial charge in [0.1, 0.15) is 11.5 Å². The number of benzene rings is 2. The Hall–Kier alpha value is -3.22. The van der Waals surface area contributed by atoms with Crippen LogP contribution >= 0.6 is 0 Å². The van der Waals surface area contributed by atoms with Crippen molar-refractivity contribution in [2.75, 3.05) is 14.2 Å². The summed E-state index contributed by atoms with van der Waals surface area (Å²) < 4.78 is 10.4. The van der Waals surface area contributed by atoms with Gasteiger partial charge in [-0.05, 0) is 24.3 Å². The van der Waals surface area contributed by atoms with Gasteiger partial charge < -0.3 is 24.7 Å². The second kappa shape index (κ2) is 5.20. The van der Waals surface area contributed by atoms with E-state index in [-0.39, 0.29) is 22.3 Å². The molecule has 3 aromatic rings. The standard InChI is InChI=1S/C16H13NO6/c1-22-7-3-4-10-8(5-7)12-13(16(20)21)9(15(18)19)6-11(23-2)14(12)17-10/h3-6,17H,1-2H3,(H,18,19)(H,20,21). The van der Waals surface area contributed by atoms with Crippen molar-refractivity contribution in [1.29, 1.82) is 0 Å². The molecule has 0 unspecified atom stereocenters. The highest BCUT2D eigenvalue weighted by Crippen LogP contribution is 2.38. The van der Waals surface area contributed by atoms with Crippen LogP contribution in [0.15, 0.2) is 24.3 Å². The maximum Gasteiger partial charge on any atom is 0.337 e. The third kappa shape index (κ3) is 2.13. The van der Waals surface area contributed by atoms with Gasteiger partial charge in [-0.3, -0.25) is 0 Å². The highest BCUT2D eigenvalue weighted by Gasteiger charge is 2.25. The smallest absolute Gasteiger partial charge is 0.337 e. The third-order valence-corrected chi connectivity index (χ3v) is 3.71. The summed E-state index contributed by atoms with van der Waals surface area (Å²) in [6.07, 6.45) is 0. The number of methoxy groups -OCH3 is 2. The molecule has 0 aliphatic carbocycles. The maximum absolute atomic E-state index is 11.7. The van der Waals surface area contributed by atoms with Gasteiger partial charge in [0.25, 0.3) is 0 Å². The Morgan fingerprint density at radius 3 is 2.35 bits per heavy atom. The minimum atomic E-state index is -1.33. The van der Waals surface area contributed by atoms with Crippen LogP contribution in [-0.2, 0) is 0 Å². The Morgan fingerprint density at radius 2 is 1.78 bits per heavy atom. The van der Waals surface area contributed by atoms with Crippen LogP contribution in [0.5, 0.6) is 11.5 Å². The van der Waals surface area contributed by atoms with Gasteiger partial charge in [0.05, 0.1) is 30.9 Å². The molecule has 0 bridgehead atoms. The molecule has 0 saturated carbocycles. The van der Waals surface area contributed by atoms with Gasteiger partial charge in [0.2, 0.25) is 0 Å². The first-order chi connectivity index (χ1) is 11.0. The zero-order valence-electron chi connectivity index (χ0n) is 12.3. The monoisotopic (exact) mass is 315 g/mol. The summed E-state index contributed by atoms with van der Waals surface area (Å²) in [5.41, 5.74) is 0.473. The van der Waals surface area contributed by atoms with Gasteiger partial charge in [-0.25, -0.2) is 9.59 Å². The highest BCUT2D eigenvalue weighted by atomic mass is 16.5. The molecule has 0 amide bonds. The van der Waals surface area contributed by atoms with Gasteiger partial charge >= 0.3 is 11.9 Å². The summed E-state index contributed by atoms with van der Waals surface area (Å²) in [6.45, 7) is 0. The first-order valence-electron chi connectivity index (χ1n) is 6.65. The Kier molecular flexibility index (Phi) is 3.33. The lowest BCUT2D eigenvalue weighted by molar-refractivity contribution is 0.0653. The Balaban J connectivity index is 2.58. The number of carbonyl (C=O) groups is 2. The number of rotatable bonds is 4. The summed E-state index contributed by atoms with van der Waals surface area (Å²) >= 11 is 0. The van der Waals surface area contributed by atoms with Crippen LogP contribution in [0.3, 0.4) is 0 Å². The van der Waals surface area contributed by atoms with Gasteiger partial charge in [-0.1, -0.05) is 0 Å². The van der Waals surface area contributed by atoms with Crippen molar-refractivity contribution in [3.63, 3.8) is 0 Å². The van der Waals surface area contributed by atoms with E-state index < -0.39 is 11.9 Å². The maximum atomic E-state index is 11.7. The molecule has 3 rings (SSSR count). The van der Waals surface area contributed by atoms with E-state index in [1.807, 2.05) is 0 Å². The molecule has 0 saturated heterocycles. The summed E-state index contributed by atoms with van der Waals surface area (Å²) in [5, 5.41) is 19.7. The molecular weight excluding hydrogens is 302 g/mol. The SMILES string of the molecule is COc1ccc2[nH]c3c(OC)cc(C(=O)O)c(C(=O)O)c3c2c1. The van der Waals surface area contributed by atoms with Crippen molar-refractivity contribution < 1.29 is 29.3 Å². The first-order valence-corrected chi connectivity index (χ1v) is 6.65. The zero-order chi connectivity index (χ0) is 16.7. The Labute approximate surface area is 130 Å². The highest BCUT2D eigenvalue weighted by molar-refractivity contribution is 6.21. The summed E-state index contributed by atoms with van der Waals surface area (Å²) in [4.78, 5) is 26.2. The molecular formula is C16H13NO6. The minimum absolute atomic E-state index is 0.262. The van der Waals surface area contributed by atoms with Crippen LogP contribution in [0.25, 0.3) is 21.8 Å². The lowest BCUT2D eigenvalue weighted by Crippen LogP contribution is -2.09. The van der Waals surface area contributed by atoms with Gasteiger partial charge in [-0.2, -0.15) is 0 Å². The van der Waals surface area contributed by atoms with Crippen molar-refractivity contribution in [3.8, 4) is 11.5 Å². The lowest BCUT2D eigenvalue weighted by atomic mass is 9.99. The van der Waals surface area contributed by atoms with Crippen molar-refractivity contribution in [1.82, 2.24) is 4.98 Å². The van der Waals surface area contributed by atoms with Crippen molar-refractivity contribution in [2.24, 2.45) is 0 Å². The predicted molar refractivity (Wildman–Crippen MR) is 82.8 cm³/mol. The number of hydrogen-bond donors (Lipinski definition) is 3. The van der Waals surface area contributed by atoms with E-state index in [0.717, 1.165) is 0 Å². The number of H-pyrrole nitrogens is 1.